The Morgan fingerprint density at radius 2 is 2.31 bits per heavy atom. The first kappa shape index (κ1) is 13.3. The van der Waals surface area contributed by atoms with Gasteiger partial charge >= 0.3 is 5.97 Å². The van der Waals surface area contributed by atoms with Crippen molar-refractivity contribution >= 4 is 29.3 Å². The van der Waals surface area contributed by atoms with E-state index >= 15 is 0 Å². The third-order valence-electron chi connectivity index (χ3n) is 2.08. The van der Waals surface area contributed by atoms with E-state index in [2.05, 4.69) is 0 Å². The summed E-state index contributed by atoms with van der Waals surface area (Å²) >= 11 is 6.94. The average molecular weight is 263 g/mol. The Morgan fingerprint density at radius 3 is 2.81 bits per heavy atom. The predicted octanol–water partition coefficient (Wildman–Crippen LogP) is 3.58. The minimum absolute atomic E-state index is 0.0708. The van der Waals surface area contributed by atoms with Gasteiger partial charge in [0.05, 0.1) is 5.02 Å². The van der Waals surface area contributed by atoms with Crippen molar-refractivity contribution in [3.8, 4) is 0 Å². The van der Waals surface area contributed by atoms with Crippen LogP contribution in [-0.4, -0.2) is 16.3 Å². The van der Waals surface area contributed by atoms with Crippen LogP contribution in [0, 0.1) is 5.82 Å². The van der Waals surface area contributed by atoms with Gasteiger partial charge in [0.1, 0.15) is 11.1 Å². The Morgan fingerprint density at radius 1 is 1.62 bits per heavy atom. The molecule has 0 heterocycles. The van der Waals surface area contributed by atoms with Crippen LogP contribution in [0.2, 0.25) is 5.02 Å². The summed E-state index contributed by atoms with van der Waals surface area (Å²) in [5.41, 5.74) is 0.830. The molecule has 0 aliphatic rings. The van der Waals surface area contributed by atoms with Crippen LogP contribution in [0.4, 0.5) is 4.39 Å². The molecular formula is C11H12ClFO2S. The summed E-state index contributed by atoms with van der Waals surface area (Å²) in [7, 11) is 0. The van der Waals surface area contributed by atoms with Crippen molar-refractivity contribution in [2.45, 2.75) is 24.3 Å². The molecule has 0 fully saturated rings. The Hall–Kier alpha value is -0.740. The highest BCUT2D eigenvalue weighted by Gasteiger charge is 2.15. The number of carboxylic acids is 1. The largest absolute Gasteiger partial charge is 0.480 e. The van der Waals surface area contributed by atoms with Gasteiger partial charge in [-0.25, -0.2) is 4.39 Å². The van der Waals surface area contributed by atoms with Gasteiger partial charge in [-0.15, -0.1) is 11.8 Å². The van der Waals surface area contributed by atoms with Crippen LogP contribution in [-0.2, 0) is 10.5 Å². The Bertz CT molecular complexity index is 384. The van der Waals surface area contributed by atoms with Gasteiger partial charge in [-0.05, 0) is 24.1 Å². The quantitative estimate of drug-likeness (QED) is 0.881. The second-order valence-electron chi connectivity index (χ2n) is 3.29. The lowest BCUT2D eigenvalue weighted by atomic mass is 10.2. The van der Waals surface area contributed by atoms with Gasteiger partial charge in [-0.1, -0.05) is 24.6 Å². The van der Waals surface area contributed by atoms with Gasteiger partial charge in [-0.2, -0.15) is 0 Å². The molecule has 0 spiro atoms. The second-order valence-corrected chi connectivity index (χ2v) is 4.89. The van der Waals surface area contributed by atoms with Crippen molar-refractivity contribution in [3.05, 3.63) is 34.6 Å². The van der Waals surface area contributed by atoms with Crippen molar-refractivity contribution in [3.63, 3.8) is 0 Å². The first-order valence-electron chi connectivity index (χ1n) is 4.83. The molecule has 16 heavy (non-hydrogen) atoms. The second kappa shape index (κ2) is 6.11. The van der Waals surface area contributed by atoms with Gasteiger partial charge in [0.2, 0.25) is 0 Å². The molecule has 0 bridgehead atoms. The highest BCUT2D eigenvalue weighted by molar-refractivity contribution is 7.99. The summed E-state index contributed by atoms with van der Waals surface area (Å²) in [5.74, 6) is -0.758. The van der Waals surface area contributed by atoms with Crippen LogP contribution in [0.5, 0.6) is 0 Å². The number of hydrogen-bond donors (Lipinski definition) is 1. The highest BCUT2D eigenvalue weighted by atomic mass is 35.5. The molecule has 0 saturated carbocycles. The lowest BCUT2D eigenvalue weighted by Gasteiger charge is -2.09. The molecule has 0 aliphatic heterocycles. The number of carbonyl (C=O) groups is 1. The summed E-state index contributed by atoms with van der Waals surface area (Å²) < 4.78 is 12.9. The van der Waals surface area contributed by atoms with Crippen LogP contribution >= 0.6 is 23.4 Å². The molecule has 1 unspecified atom stereocenters. The summed E-state index contributed by atoms with van der Waals surface area (Å²) in [5, 5.41) is 8.49. The summed E-state index contributed by atoms with van der Waals surface area (Å²) in [6.45, 7) is 1.82. The molecule has 1 atom stereocenters. The topological polar surface area (TPSA) is 37.3 Å². The van der Waals surface area contributed by atoms with Crippen LogP contribution < -0.4 is 0 Å². The lowest BCUT2D eigenvalue weighted by molar-refractivity contribution is -0.136. The summed E-state index contributed by atoms with van der Waals surface area (Å²) in [6, 6.07) is 4.43. The normalized spacial score (nSPS) is 12.4. The summed E-state index contributed by atoms with van der Waals surface area (Å²) in [6.07, 6.45) is 0.564. The maximum Gasteiger partial charge on any atom is 0.316 e. The van der Waals surface area contributed by atoms with E-state index in [1.807, 2.05) is 6.92 Å². The van der Waals surface area contributed by atoms with E-state index < -0.39 is 17.0 Å². The highest BCUT2D eigenvalue weighted by Crippen LogP contribution is 2.23. The Labute approximate surface area is 103 Å². The van der Waals surface area contributed by atoms with Gasteiger partial charge in [0.25, 0.3) is 0 Å². The number of carboxylic acid groups (broad SMARTS) is 1. The maximum atomic E-state index is 12.9. The molecule has 1 rings (SSSR count). The van der Waals surface area contributed by atoms with E-state index in [1.54, 1.807) is 6.07 Å². The number of thioether (sulfide) groups is 1. The fourth-order valence-electron chi connectivity index (χ4n) is 1.19. The summed E-state index contributed by atoms with van der Waals surface area (Å²) in [4.78, 5) is 10.8. The molecule has 0 aromatic heterocycles. The molecular weight excluding hydrogens is 251 g/mol. The molecule has 1 N–H and O–H groups in total. The SMILES string of the molecule is CCC(SCc1ccc(F)c(Cl)c1)C(=O)O. The Kier molecular flexibility index (Phi) is 5.09. The smallest absolute Gasteiger partial charge is 0.316 e. The minimum atomic E-state index is -0.819. The van der Waals surface area contributed by atoms with Crippen molar-refractivity contribution in [1.82, 2.24) is 0 Å². The van der Waals surface area contributed by atoms with Crippen LogP contribution in [0.15, 0.2) is 18.2 Å². The third kappa shape index (κ3) is 3.68. The molecule has 0 radical (unpaired) electrons. The van der Waals surface area contributed by atoms with Crippen LogP contribution in [0.1, 0.15) is 18.9 Å². The molecule has 2 nitrogen and oxygen atoms in total. The van der Waals surface area contributed by atoms with Crippen molar-refractivity contribution < 1.29 is 14.3 Å². The zero-order chi connectivity index (χ0) is 12.1. The average Bonchev–Trinajstić information content (AvgIpc) is 2.23. The maximum absolute atomic E-state index is 12.9. The van der Waals surface area contributed by atoms with E-state index in [9.17, 15) is 9.18 Å². The standard InChI is InChI=1S/C11H12ClFO2S/c1-2-10(11(14)15)16-6-7-3-4-9(13)8(12)5-7/h3-5,10H,2,6H2,1H3,(H,14,15). The molecule has 1 aromatic carbocycles. The number of benzene rings is 1. The van der Waals surface area contributed by atoms with Crippen LogP contribution in [0.3, 0.4) is 0 Å². The minimum Gasteiger partial charge on any atom is -0.480 e. The zero-order valence-electron chi connectivity index (χ0n) is 8.74. The third-order valence-corrected chi connectivity index (χ3v) is 3.81. The molecule has 1 aromatic rings. The molecule has 0 saturated heterocycles. The molecule has 88 valence electrons. The van der Waals surface area contributed by atoms with E-state index in [0.29, 0.717) is 12.2 Å². The van der Waals surface area contributed by atoms with E-state index in [4.69, 9.17) is 16.7 Å². The van der Waals surface area contributed by atoms with Crippen molar-refractivity contribution in [2.24, 2.45) is 0 Å². The predicted molar refractivity (Wildman–Crippen MR) is 64.4 cm³/mol. The lowest BCUT2D eigenvalue weighted by Crippen LogP contribution is -2.15. The molecule has 5 heteroatoms. The molecule has 0 amide bonds. The fraction of sp³-hybridized carbons (Fsp3) is 0.364. The number of hydrogen-bond acceptors (Lipinski definition) is 2. The van der Waals surface area contributed by atoms with Gasteiger partial charge in [-0.3, -0.25) is 4.79 Å². The van der Waals surface area contributed by atoms with E-state index in [0.717, 1.165) is 5.56 Å². The monoisotopic (exact) mass is 262 g/mol. The van der Waals surface area contributed by atoms with Crippen LogP contribution in [0.25, 0.3) is 0 Å². The van der Waals surface area contributed by atoms with Gasteiger partial charge in [0.15, 0.2) is 0 Å². The van der Waals surface area contributed by atoms with E-state index in [-0.39, 0.29) is 5.02 Å². The van der Waals surface area contributed by atoms with Gasteiger partial charge < -0.3 is 5.11 Å². The first-order chi connectivity index (χ1) is 7.54. The molecule has 0 aliphatic carbocycles. The Balaban J connectivity index is 2.60. The first-order valence-corrected chi connectivity index (χ1v) is 6.25. The van der Waals surface area contributed by atoms with E-state index in [1.165, 1.54) is 23.9 Å². The fourth-order valence-corrected chi connectivity index (χ4v) is 2.34. The number of halogens is 2. The van der Waals surface area contributed by atoms with Crippen molar-refractivity contribution in [1.29, 1.82) is 0 Å². The number of aliphatic carboxylic acids is 1. The number of rotatable bonds is 5. The van der Waals surface area contributed by atoms with Gasteiger partial charge in [0, 0.05) is 5.75 Å². The van der Waals surface area contributed by atoms with Crippen molar-refractivity contribution in [2.75, 3.05) is 0 Å². The zero-order valence-corrected chi connectivity index (χ0v) is 10.3.